The van der Waals surface area contributed by atoms with Gasteiger partial charge in [0, 0.05) is 32.0 Å². The Bertz CT molecular complexity index is 403. The Morgan fingerprint density at radius 1 is 1.67 bits per heavy atom. The Kier molecular flexibility index (Phi) is 4.52. The summed E-state index contributed by atoms with van der Waals surface area (Å²) in [5, 5.41) is 2.86. The molecule has 1 amide bonds. The largest absolute Gasteiger partial charge is 0.497 e. The Morgan fingerprint density at radius 2 is 2.56 bits per heavy atom. The van der Waals surface area contributed by atoms with Crippen LogP contribution in [0, 0.1) is 5.92 Å². The van der Waals surface area contributed by atoms with Crippen molar-refractivity contribution in [1.29, 1.82) is 0 Å². The lowest BCUT2D eigenvalue weighted by Gasteiger charge is -2.08. The number of rotatable bonds is 5. The van der Waals surface area contributed by atoms with Crippen LogP contribution >= 0.6 is 0 Å². The van der Waals surface area contributed by atoms with Gasteiger partial charge in [-0.3, -0.25) is 9.78 Å². The summed E-state index contributed by atoms with van der Waals surface area (Å²) in [5.41, 5.74) is 0.386. The summed E-state index contributed by atoms with van der Waals surface area (Å²) in [6.07, 6.45) is 3.61. The molecular weight excluding hydrogens is 232 g/mol. The van der Waals surface area contributed by atoms with Gasteiger partial charge in [-0.15, -0.1) is 0 Å². The molecule has 98 valence electrons. The van der Waals surface area contributed by atoms with Crippen LogP contribution in [0.2, 0.25) is 0 Å². The van der Waals surface area contributed by atoms with E-state index < -0.39 is 0 Å². The Morgan fingerprint density at radius 3 is 3.28 bits per heavy atom. The van der Waals surface area contributed by atoms with Gasteiger partial charge < -0.3 is 14.8 Å². The molecule has 5 nitrogen and oxygen atoms in total. The van der Waals surface area contributed by atoms with Gasteiger partial charge in [0.1, 0.15) is 11.4 Å². The van der Waals surface area contributed by atoms with Crippen molar-refractivity contribution in [2.75, 3.05) is 26.9 Å². The van der Waals surface area contributed by atoms with Crippen molar-refractivity contribution in [3.63, 3.8) is 0 Å². The molecule has 0 bridgehead atoms. The Balaban J connectivity index is 1.79. The zero-order chi connectivity index (χ0) is 12.8. The lowest BCUT2D eigenvalue weighted by atomic mass is 10.1. The summed E-state index contributed by atoms with van der Waals surface area (Å²) in [5.74, 6) is 1.05. The summed E-state index contributed by atoms with van der Waals surface area (Å²) in [7, 11) is 1.57. The topological polar surface area (TPSA) is 60.5 Å². The lowest BCUT2D eigenvalue weighted by molar-refractivity contribution is 0.0945. The number of hydrogen-bond acceptors (Lipinski definition) is 4. The highest BCUT2D eigenvalue weighted by molar-refractivity contribution is 5.92. The Hall–Kier alpha value is -1.62. The average molecular weight is 250 g/mol. The lowest BCUT2D eigenvalue weighted by Crippen LogP contribution is -2.26. The van der Waals surface area contributed by atoms with Crippen LogP contribution in [-0.4, -0.2) is 37.8 Å². The van der Waals surface area contributed by atoms with E-state index in [1.54, 1.807) is 25.4 Å². The number of hydrogen-bond donors (Lipinski definition) is 1. The van der Waals surface area contributed by atoms with Gasteiger partial charge >= 0.3 is 0 Å². The minimum atomic E-state index is -0.159. The van der Waals surface area contributed by atoms with Crippen molar-refractivity contribution in [2.24, 2.45) is 5.92 Å². The smallest absolute Gasteiger partial charge is 0.270 e. The number of carbonyl (C=O) groups is 1. The maximum Gasteiger partial charge on any atom is 0.270 e. The molecule has 0 radical (unpaired) electrons. The first-order valence-corrected chi connectivity index (χ1v) is 6.15. The SMILES string of the molecule is COc1ccnc(C(=O)NCC[C@H]2CCOC2)c1. The maximum atomic E-state index is 11.8. The molecule has 0 aromatic carbocycles. The van der Waals surface area contributed by atoms with Crippen LogP contribution in [0.15, 0.2) is 18.3 Å². The van der Waals surface area contributed by atoms with E-state index in [1.807, 2.05) is 0 Å². The number of carbonyl (C=O) groups excluding carboxylic acids is 1. The summed E-state index contributed by atoms with van der Waals surface area (Å²) >= 11 is 0. The molecule has 2 rings (SSSR count). The zero-order valence-electron chi connectivity index (χ0n) is 10.5. The zero-order valence-corrected chi connectivity index (χ0v) is 10.5. The van der Waals surface area contributed by atoms with Crippen LogP contribution in [0.5, 0.6) is 5.75 Å². The number of ether oxygens (including phenoxy) is 2. The number of methoxy groups -OCH3 is 1. The number of pyridine rings is 1. The molecule has 1 aromatic rings. The molecule has 1 atom stereocenters. The molecule has 0 unspecified atom stereocenters. The van der Waals surface area contributed by atoms with Crippen molar-refractivity contribution in [2.45, 2.75) is 12.8 Å². The Labute approximate surface area is 107 Å². The second-order valence-corrected chi connectivity index (χ2v) is 4.36. The van der Waals surface area contributed by atoms with E-state index >= 15 is 0 Å². The molecular formula is C13H18N2O3. The summed E-state index contributed by atoms with van der Waals surface area (Å²) < 4.78 is 10.3. The van der Waals surface area contributed by atoms with Gasteiger partial charge in [-0.2, -0.15) is 0 Å². The second-order valence-electron chi connectivity index (χ2n) is 4.36. The summed E-state index contributed by atoms with van der Waals surface area (Å²) in [6, 6.07) is 3.35. The molecule has 1 aliphatic rings. The van der Waals surface area contributed by atoms with Crippen molar-refractivity contribution >= 4 is 5.91 Å². The van der Waals surface area contributed by atoms with Gasteiger partial charge in [0.15, 0.2) is 0 Å². The number of nitrogens with zero attached hydrogens (tertiary/aromatic N) is 1. The molecule has 1 saturated heterocycles. The van der Waals surface area contributed by atoms with E-state index in [4.69, 9.17) is 9.47 Å². The molecule has 5 heteroatoms. The maximum absolute atomic E-state index is 11.8. The molecule has 1 fully saturated rings. The first kappa shape index (κ1) is 12.8. The molecule has 1 N–H and O–H groups in total. The van der Waals surface area contributed by atoms with Crippen LogP contribution in [0.4, 0.5) is 0 Å². The van der Waals surface area contributed by atoms with Crippen molar-refractivity contribution in [1.82, 2.24) is 10.3 Å². The third-order valence-electron chi connectivity index (χ3n) is 3.06. The van der Waals surface area contributed by atoms with E-state index in [9.17, 15) is 4.79 Å². The van der Waals surface area contributed by atoms with Gasteiger partial charge in [-0.25, -0.2) is 0 Å². The summed E-state index contributed by atoms with van der Waals surface area (Å²) in [4.78, 5) is 15.8. The highest BCUT2D eigenvalue weighted by atomic mass is 16.5. The number of nitrogens with one attached hydrogen (secondary N) is 1. The molecule has 18 heavy (non-hydrogen) atoms. The van der Waals surface area contributed by atoms with Crippen molar-refractivity contribution in [3.05, 3.63) is 24.0 Å². The van der Waals surface area contributed by atoms with Crippen LogP contribution in [0.1, 0.15) is 23.3 Å². The molecule has 0 spiro atoms. The number of amides is 1. The van der Waals surface area contributed by atoms with E-state index in [0.29, 0.717) is 23.9 Å². The first-order valence-electron chi connectivity index (χ1n) is 6.15. The van der Waals surface area contributed by atoms with E-state index in [0.717, 1.165) is 26.1 Å². The van der Waals surface area contributed by atoms with Crippen molar-refractivity contribution < 1.29 is 14.3 Å². The minimum Gasteiger partial charge on any atom is -0.497 e. The van der Waals surface area contributed by atoms with Crippen LogP contribution < -0.4 is 10.1 Å². The third kappa shape index (κ3) is 3.43. The molecule has 2 heterocycles. The molecule has 0 aliphatic carbocycles. The van der Waals surface area contributed by atoms with Crippen molar-refractivity contribution in [3.8, 4) is 5.75 Å². The highest BCUT2D eigenvalue weighted by Crippen LogP contribution is 2.15. The third-order valence-corrected chi connectivity index (χ3v) is 3.06. The van der Waals surface area contributed by atoms with Crippen LogP contribution in [-0.2, 0) is 4.74 Å². The monoisotopic (exact) mass is 250 g/mol. The average Bonchev–Trinajstić information content (AvgIpc) is 2.92. The fraction of sp³-hybridized carbons (Fsp3) is 0.538. The highest BCUT2D eigenvalue weighted by Gasteiger charge is 2.15. The standard InChI is InChI=1S/C13H18N2O3/c1-17-11-3-6-14-12(8-11)13(16)15-5-2-10-4-7-18-9-10/h3,6,8,10H,2,4-5,7,9H2,1H3,(H,15,16)/t10-/m0/s1. The summed E-state index contributed by atoms with van der Waals surface area (Å²) in [6.45, 7) is 2.31. The first-order chi connectivity index (χ1) is 8.79. The second kappa shape index (κ2) is 6.35. The normalized spacial score (nSPS) is 18.6. The predicted octanol–water partition coefficient (Wildman–Crippen LogP) is 1.25. The molecule has 1 aliphatic heterocycles. The van der Waals surface area contributed by atoms with E-state index in [1.165, 1.54) is 0 Å². The molecule has 1 aromatic heterocycles. The predicted molar refractivity (Wildman–Crippen MR) is 66.7 cm³/mol. The fourth-order valence-electron chi connectivity index (χ4n) is 1.95. The van der Waals surface area contributed by atoms with Crippen LogP contribution in [0.3, 0.4) is 0 Å². The van der Waals surface area contributed by atoms with Crippen LogP contribution in [0.25, 0.3) is 0 Å². The fourth-order valence-corrected chi connectivity index (χ4v) is 1.95. The van der Waals surface area contributed by atoms with E-state index in [2.05, 4.69) is 10.3 Å². The van der Waals surface area contributed by atoms with Gasteiger partial charge in [-0.05, 0) is 24.8 Å². The van der Waals surface area contributed by atoms with Gasteiger partial charge in [0.2, 0.25) is 0 Å². The van der Waals surface area contributed by atoms with Gasteiger partial charge in [0.05, 0.1) is 7.11 Å². The quantitative estimate of drug-likeness (QED) is 0.854. The van der Waals surface area contributed by atoms with Gasteiger partial charge in [-0.1, -0.05) is 0 Å². The minimum absolute atomic E-state index is 0.159. The van der Waals surface area contributed by atoms with E-state index in [-0.39, 0.29) is 5.91 Å². The molecule has 0 saturated carbocycles. The van der Waals surface area contributed by atoms with Gasteiger partial charge in [0.25, 0.3) is 5.91 Å². The number of aromatic nitrogens is 1.